The topological polar surface area (TPSA) is 60.2 Å². The van der Waals surface area contributed by atoms with Gasteiger partial charge < -0.3 is 5.73 Å². The third-order valence-corrected chi connectivity index (χ3v) is 3.68. The van der Waals surface area contributed by atoms with E-state index in [1.165, 1.54) is 58.3 Å². The summed E-state index contributed by atoms with van der Waals surface area (Å²) in [7, 11) is 0. The molecule has 0 aromatic carbocycles. The minimum absolute atomic E-state index is 0.0941. The van der Waals surface area contributed by atoms with Gasteiger partial charge in [0.15, 0.2) is 0 Å². The Hall–Kier alpha value is -0.860. The standard InChI is InChI=1S/C16H31NO2/c1-3-4-5-6-7-8-9-10-11-12-13-15(14(2)18)16(17)19/h15H,3-13H2,1-2H3,(H2,17,19). The number of unbranched alkanes of at least 4 members (excludes halogenated alkanes) is 9. The van der Waals surface area contributed by atoms with E-state index in [0.717, 1.165) is 12.8 Å². The minimum Gasteiger partial charge on any atom is -0.369 e. The highest BCUT2D eigenvalue weighted by Crippen LogP contribution is 2.14. The number of rotatable bonds is 13. The van der Waals surface area contributed by atoms with E-state index in [0.29, 0.717) is 6.42 Å². The van der Waals surface area contributed by atoms with Crippen molar-refractivity contribution in [3.8, 4) is 0 Å². The van der Waals surface area contributed by atoms with Gasteiger partial charge in [-0.15, -0.1) is 0 Å². The van der Waals surface area contributed by atoms with E-state index in [4.69, 9.17) is 5.73 Å². The Balaban J connectivity index is 3.35. The average molecular weight is 269 g/mol. The molecule has 0 saturated carbocycles. The van der Waals surface area contributed by atoms with Gasteiger partial charge in [0, 0.05) is 0 Å². The average Bonchev–Trinajstić information content (AvgIpc) is 2.35. The van der Waals surface area contributed by atoms with E-state index in [1.54, 1.807) is 0 Å². The second-order valence-electron chi connectivity index (χ2n) is 5.54. The fraction of sp³-hybridized carbons (Fsp3) is 0.875. The number of carbonyl (C=O) groups excluding carboxylic acids is 2. The van der Waals surface area contributed by atoms with Crippen LogP contribution in [0.15, 0.2) is 0 Å². The van der Waals surface area contributed by atoms with Crippen molar-refractivity contribution < 1.29 is 9.59 Å². The molecular formula is C16H31NO2. The van der Waals surface area contributed by atoms with Crippen molar-refractivity contribution in [3.63, 3.8) is 0 Å². The first-order valence-electron chi connectivity index (χ1n) is 7.89. The van der Waals surface area contributed by atoms with Gasteiger partial charge >= 0.3 is 0 Å². The zero-order valence-electron chi connectivity index (χ0n) is 12.7. The third-order valence-electron chi connectivity index (χ3n) is 3.68. The Morgan fingerprint density at radius 1 is 0.842 bits per heavy atom. The van der Waals surface area contributed by atoms with Gasteiger partial charge in [0.05, 0.1) is 5.92 Å². The lowest BCUT2D eigenvalue weighted by atomic mass is 9.96. The van der Waals surface area contributed by atoms with Gasteiger partial charge in [-0.2, -0.15) is 0 Å². The molecule has 3 nitrogen and oxygen atoms in total. The highest BCUT2D eigenvalue weighted by Gasteiger charge is 2.19. The Bertz CT molecular complexity index is 237. The van der Waals surface area contributed by atoms with Crippen LogP contribution in [0, 0.1) is 5.92 Å². The molecule has 2 N–H and O–H groups in total. The zero-order valence-corrected chi connectivity index (χ0v) is 12.7. The number of amides is 1. The Labute approximate surface area is 118 Å². The van der Waals surface area contributed by atoms with Crippen molar-refractivity contribution in [2.24, 2.45) is 11.7 Å². The molecule has 0 radical (unpaired) electrons. The summed E-state index contributed by atoms with van der Waals surface area (Å²) in [6.45, 7) is 3.69. The van der Waals surface area contributed by atoms with Crippen molar-refractivity contribution >= 4 is 11.7 Å². The van der Waals surface area contributed by atoms with Crippen molar-refractivity contribution in [2.75, 3.05) is 0 Å². The molecule has 0 aliphatic heterocycles. The molecule has 0 bridgehead atoms. The molecule has 0 heterocycles. The van der Waals surface area contributed by atoms with Gasteiger partial charge in [-0.1, -0.05) is 71.1 Å². The predicted octanol–water partition coefficient (Wildman–Crippen LogP) is 3.99. The molecule has 1 amide bonds. The molecule has 0 aliphatic carbocycles. The molecule has 19 heavy (non-hydrogen) atoms. The number of primary amides is 1. The summed E-state index contributed by atoms with van der Waals surface area (Å²) in [5.74, 6) is -1.12. The quantitative estimate of drug-likeness (QED) is 0.406. The molecule has 1 unspecified atom stereocenters. The lowest BCUT2D eigenvalue weighted by molar-refractivity contribution is -0.131. The van der Waals surface area contributed by atoms with E-state index >= 15 is 0 Å². The maximum absolute atomic E-state index is 11.2. The third kappa shape index (κ3) is 10.7. The molecule has 0 saturated heterocycles. The van der Waals surface area contributed by atoms with Gasteiger partial charge in [0.1, 0.15) is 5.78 Å². The van der Waals surface area contributed by atoms with Crippen molar-refractivity contribution in [2.45, 2.75) is 84.5 Å². The number of Topliss-reactive ketones (excluding diaryl/α,β-unsaturated/α-hetero) is 1. The van der Waals surface area contributed by atoms with Crippen molar-refractivity contribution in [3.05, 3.63) is 0 Å². The van der Waals surface area contributed by atoms with Gasteiger partial charge in [-0.05, 0) is 13.3 Å². The highest BCUT2D eigenvalue weighted by atomic mass is 16.2. The lowest BCUT2D eigenvalue weighted by Gasteiger charge is -2.09. The van der Waals surface area contributed by atoms with Crippen LogP contribution in [0.1, 0.15) is 84.5 Å². The first-order valence-corrected chi connectivity index (χ1v) is 7.89. The highest BCUT2D eigenvalue weighted by molar-refractivity contribution is 5.99. The molecule has 0 rings (SSSR count). The number of ketones is 1. The number of nitrogens with two attached hydrogens (primary N) is 1. The summed E-state index contributed by atoms with van der Waals surface area (Å²) in [5.41, 5.74) is 5.20. The lowest BCUT2D eigenvalue weighted by Crippen LogP contribution is -2.28. The maximum Gasteiger partial charge on any atom is 0.227 e. The second kappa shape index (κ2) is 12.2. The molecule has 0 aliphatic rings. The Kier molecular flexibility index (Phi) is 11.6. The fourth-order valence-corrected chi connectivity index (χ4v) is 2.38. The van der Waals surface area contributed by atoms with Crippen LogP contribution in [0.4, 0.5) is 0 Å². The van der Waals surface area contributed by atoms with Crippen LogP contribution in [0.5, 0.6) is 0 Å². The molecule has 0 aromatic heterocycles. The first-order chi connectivity index (χ1) is 9.09. The van der Waals surface area contributed by atoms with Gasteiger partial charge in [0.2, 0.25) is 5.91 Å². The predicted molar refractivity (Wildman–Crippen MR) is 79.8 cm³/mol. The van der Waals surface area contributed by atoms with Crippen molar-refractivity contribution in [1.82, 2.24) is 0 Å². The molecule has 112 valence electrons. The number of hydrogen-bond donors (Lipinski definition) is 1. The summed E-state index contributed by atoms with van der Waals surface area (Å²) >= 11 is 0. The van der Waals surface area contributed by atoms with Crippen LogP contribution in [-0.2, 0) is 9.59 Å². The maximum atomic E-state index is 11.2. The second-order valence-corrected chi connectivity index (χ2v) is 5.54. The van der Waals surface area contributed by atoms with E-state index in [1.807, 2.05) is 0 Å². The summed E-state index contributed by atoms with van der Waals surface area (Å²) in [5, 5.41) is 0. The van der Waals surface area contributed by atoms with Crippen LogP contribution in [0.25, 0.3) is 0 Å². The Morgan fingerprint density at radius 3 is 1.63 bits per heavy atom. The SMILES string of the molecule is CCCCCCCCCCCCC(C(C)=O)C(N)=O. The Morgan fingerprint density at radius 2 is 1.26 bits per heavy atom. The van der Waals surface area contributed by atoms with Crippen LogP contribution in [0.2, 0.25) is 0 Å². The van der Waals surface area contributed by atoms with Crippen LogP contribution in [0.3, 0.4) is 0 Å². The first kappa shape index (κ1) is 18.1. The fourth-order valence-electron chi connectivity index (χ4n) is 2.38. The number of hydrogen-bond acceptors (Lipinski definition) is 2. The summed E-state index contributed by atoms with van der Waals surface area (Å²) in [6, 6.07) is 0. The van der Waals surface area contributed by atoms with Gasteiger partial charge in [-0.25, -0.2) is 0 Å². The molecule has 3 heteroatoms. The van der Waals surface area contributed by atoms with Crippen LogP contribution >= 0.6 is 0 Å². The largest absolute Gasteiger partial charge is 0.369 e. The van der Waals surface area contributed by atoms with Crippen LogP contribution in [-0.4, -0.2) is 11.7 Å². The summed E-state index contributed by atoms with van der Waals surface area (Å²) in [6.07, 6.45) is 13.2. The van der Waals surface area contributed by atoms with E-state index in [9.17, 15) is 9.59 Å². The number of carbonyl (C=O) groups is 2. The van der Waals surface area contributed by atoms with Gasteiger partial charge in [-0.3, -0.25) is 9.59 Å². The monoisotopic (exact) mass is 269 g/mol. The molecule has 0 aromatic rings. The molecular weight excluding hydrogens is 238 g/mol. The molecule has 1 atom stereocenters. The van der Waals surface area contributed by atoms with E-state index < -0.39 is 11.8 Å². The summed E-state index contributed by atoms with van der Waals surface area (Å²) in [4.78, 5) is 22.2. The molecule has 0 spiro atoms. The van der Waals surface area contributed by atoms with E-state index in [2.05, 4.69) is 6.92 Å². The normalized spacial score (nSPS) is 12.3. The smallest absolute Gasteiger partial charge is 0.227 e. The van der Waals surface area contributed by atoms with Crippen LogP contribution < -0.4 is 5.73 Å². The summed E-state index contributed by atoms with van der Waals surface area (Å²) < 4.78 is 0. The minimum atomic E-state index is -0.561. The van der Waals surface area contributed by atoms with Crippen molar-refractivity contribution in [1.29, 1.82) is 0 Å². The molecule has 0 fully saturated rings. The van der Waals surface area contributed by atoms with E-state index in [-0.39, 0.29) is 5.78 Å². The van der Waals surface area contributed by atoms with Gasteiger partial charge in [0.25, 0.3) is 0 Å². The zero-order chi connectivity index (χ0) is 14.5.